The monoisotopic (exact) mass is 416 g/mol. The van der Waals surface area contributed by atoms with Gasteiger partial charge in [0.15, 0.2) is 5.65 Å². The van der Waals surface area contributed by atoms with E-state index in [1.165, 1.54) is 0 Å². The Morgan fingerprint density at radius 3 is 3.03 bits per heavy atom. The van der Waals surface area contributed by atoms with Gasteiger partial charge in [-0.15, -0.1) is 0 Å². The average Bonchev–Trinajstić information content (AvgIpc) is 3.08. The summed E-state index contributed by atoms with van der Waals surface area (Å²) < 4.78 is 13.1. The third-order valence-electron chi connectivity index (χ3n) is 4.65. The fourth-order valence-electron chi connectivity index (χ4n) is 3.42. The van der Waals surface area contributed by atoms with Crippen LogP contribution in [0.3, 0.4) is 0 Å². The van der Waals surface area contributed by atoms with Gasteiger partial charge in [0.05, 0.1) is 17.7 Å². The molecule has 1 atom stereocenters. The van der Waals surface area contributed by atoms with Gasteiger partial charge in [0.1, 0.15) is 12.8 Å². The molecule has 1 aliphatic heterocycles. The topological polar surface area (TPSA) is 86.1 Å². The van der Waals surface area contributed by atoms with Gasteiger partial charge in [-0.1, -0.05) is 25.4 Å². The molecule has 0 amide bonds. The lowest BCUT2D eigenvalue weighted by molar-refractivity contribution is 0.0858. The first-order valence-corrected chi connectivity index (χ1v) is 10.1. The number of halogens is 1. The van der Waals surface area contributed by atoms with Gasteiger partial charge >= 0.3 is 0 Å². The highest BCUT2D eigenvalue weighted by atomic mass is 35.5. The summed E-state index contributed by atoms with van der Waals surface area (Å²) in [4.78, 5) is 9.39. The highest BCUT2D eigenvalue weighted by molar-refractivity contribution is 6.30. The van der Waals surface area contributed by atoms with E-state index in [0.29, 0.717) is 42.4 Å². The second-order valence-electron chi connectivity index (χ2n) is 7.43. The van der Waals surface area contributed by atoms with Crippen molar-refractivity contribution in [2.75, 3.05) is 37.6 Å². The summed E-state index contributed by atoms with van der Waals surface area (Å²) >= 11 is 6.27. The van der Waals surface area contributed by atoms with Crippen molar-refractivity contribution in [3.05, 3.63) is 40.7 Å². The molecule has 1 aromatic carbocycles. The summed E-state index contributed by atoms with van der Waals surface area (Å²) in [5.74, 6) is 0.972. The molecule has 0 saturated heterocycles. The van der Waals surface area contributed by atoms with Crippen molar-refractivity contribution in [2.45, 2.75) is 26.5 Å². The number of fused-ring (bicyclic) bond motifs is 2. The maximum Gasteiger partial charge on any atom is 0.225 e. The van der Waals surface area contributed by atoms with Gasteiger partial charge in [-0.05, 0) is 24.1 Å². The summed E-state index contributed by atoms with van der Waals surface area (Å²) in [7, 11) is 1.66. The standard InChI is InChI=1S/C20H25ClN6O2/c1-12(2)9-27-10-15-17(24-20(22-6-7-28-3)25-19(15)26-27)18-14-8-13(21)4-5-16(14)23-11-29-18/h4-5,8,10,12,18,23H,6-7,9,11H2,1-3H3,(H,22,25,26). The Kier molecular flexibility index (Phi) is 5.84. The van der Waals surface area contributed by atoms with Crippen molar-refractivity contribution in [1.82, 2.24) is 19.7 Å². The predicted molar refractivity (Wildman–Crippen MR) is 113 cm³/mol. The highest BCUT2D eigenvalue weighted by Crippen LogP contribution is 2.38. The number of nitrogens with one attached hydrogen (secondary N) is 2. The van der Waals surface area contributed by atoms with Gasteiger partial charge in [-0.25, -0.2) is 4.98 Å². The van der Waals surface area contributed by atoms with E-state index in [2.05, 4.69) is 34.6 Å². The first kappa shape index (κ1) is 19.9. The first-order valence-electron chi connectivity index (χ1n) is 9.68. The number of hydrogen-bond acceptors (Lipinski definition) is 7. The van der Waals surface area contributed by atoms with Gasteiger partial charge in [0, 0.05) is 42.7 Å². The molecule has 0 aliphatic carbocycles. The van der Waals surface area contributed by atoms with Crippen molar-refractivity contribution in [3.8, 4) is 0 Å². The van der Waals surface area contributed by atoms with E-state index in [1.807, 2.05) is 29.1 Å². The van der Waals surface area contributed by atoms with Gasteiger partial charge in [0.25, 0.3) is 0 Å². The lowest BCUT2D eigenvalue weighted by Gasteiger charge is -2.27. The Hall–Kier alpha value is -2.42. The zero-order valence-corrected chi connectivity index (χ0v) is 17.5. The smallest absolute Gasteiger partial charge is 0.225 e. The first-order chi connectivity index (χ1) is 14.0. The maximum atomic E-state index is 6.27. The third-order valence-corrected chi connectivity index (χ3v) is 4.89. The number of nitrogens with zero attached hydrogens (tertiary/aromatic N) is 4. The summed E-state index contributed by atoms with van der Waals surface area (Å²) in [5, 5.41) is 12.7. The van der Waals surface area contributed by atoms with E-state index in [-0.39, 0.29) is 6.10 Å². The summed E-state index contributed by atoms with van der Waals surface area (Å²) in [6.45, 7) is 6.66. The molecule has 0 saturated carbocycles. The minimum Gasteiger partial charge on any atom is -0.383 e. The summed E-state index contributed by atoms with van der Waals surface area (Å²) in [5.41, 5.74) is 3.35. The van der Waals surface area contributed by atoms with E-state index in [0.717, 1.165) is 28.9 Å². The number of anilines is 2. The van der Waals surface area contributed by atoms with E-state index >= 15 is 0 Å². The fourth-order valence-corrected chi connectivity index (χ4v) is 3.60. The normalized spacial score (nSPS) is 16.1. The number of ether oxygens (including phenoxy) is 2. The number of hydrogen-bond donors (Lipinski definition) is 2. The molecule has 1 aliphatic rings. The SMILES string of the molecule is COCCNc1nc(C2OCNc3ccc(Cl)cc32)c2cn(CC(C)C)nc2n1. The lowest BCUT2D eigenvalue weighted by Crippen LogP contribution is -2.22. The molecule has 9 heteroatoms. The van der Waals surface area contributed by atoms with Crippen molar-refractivity contribution in [2.24, 2.45) is 5.92 Å². The van der Waals surface area contributed by atoms with Gasteiger partial charge < -0.3 is 20.1 Å². The lowest BCUT2D eigenvalue weighted by atomic mass is 10.0. The average molecular weight is 417 g/mol. The molecule has 0 radical (unpaired) electrons. The molecular formula is C20H25ClN6O2. The van der Waals surface area contributed by atoms with Crippen LogP contribution in [-0.2, 0) is 16.0 Å². The molecular weight excluding hydrogens is 392 g/mol. The van der Waals surface area contributed by atoms with Crippen LogP contribution >= 0.6 is 11.6 Å². The third kappa shape index (κ3) is 4.29. The van der Waals surface area contributed by atoms with Crippen molar-refractivity contribution < 1.29 is 9.47 Å². The molecule has 3 heterocycles. The van der Waals surface area contributed by atoms with Crippen LogP contribution < -0.4 is 10.6 Å². The van der Waals surface area contributed by atoms with Gasteiger partial charge in [0.2, 0.25) is 5.95 Å². The van der Waals surface area contributed by atoms with E-state index in [9.17, 15) is 0 Å². The zero-order valence-electron chi connectivity index (χ0n) is 16.8. The van der Waals surface area contributed by atoms with Crippen LogP contribution in [0.4, 0.5) is 11.6 Å². The van der Waals surface area contributed by atoms with Crippen LogP contribution in [0.15, 0.2) is 24.4 Å². The largest absolute Gasteiger partial charge is 0.383 e. The molecule has 1 unspecified atom stereocenters. The second-order valence-corrected chi connectivity index (χ2v) is 7.87. The molecule has 0 fully saturated rings. The fraction of sp³-hybridized carbons (Fsp3) is 0.450. The second kappa shape index (κ2) is 8.52. The van der Waals surface area contributed by atoms with E-state index in [1.54, 1.807) is 7.11 Å². The Morgan fingerprint density at radius 2 is 2.24 bits per heavy atom. The zero-order chi connectivity index (χ0) is 20.4. The molecule has 3 aromatic rings. The van der Waals surface area contributed by atoms with Crippen molar-refractivity contribution in [3.63, 3.8) is 0 Å². The van der Waals surface area contributed by atoms with Crippen LogP contribution in [0.2, 0.25) is 5.02 Å². The molecule has 2 N–H and O–H groups in total. The van der Waals surface area contributed by atoms with Crippen molar-refractivity contribution in [1.29, 1.82) is 0 Å². The molecule has 4 rings (SSSR count). The van der Waals surface area contributed by atoms with Crippen LogP contribution in [-0.4, -0.2) is 46.7 Å². The van der Waals surface area contributed by atoms with Crippen molar-refractivity contribution >= 4 is 34.3 Å². The maximum absolute atomic E-state index is 6.27. The molecule has 0 spiro atoms. The Labute approximate surface area is 174 Å². The quantitative estimate of drug-likeness (QED) is 0.568. The minimum absolute atomic E-state index is 0.366. The van der Waals surface area contributed by atoms with E-state index < -0.39 is 0 Å². The summed E-state index contributed by atoms with van der Waals surface area (Å²) in [6.07, 6.45) is 1.63. The molecule has 8 nitrogen and oxygen atoms in total. The summed E-state index contributed by atoms with van der Waals surface area (Å²) in [6, 6.07) is 5.74. The van der Waals surface area contributed by atoms with Crippen LogP contribution in [0.5, 0.6) is 0 Å². The van der Waals surface area contributed by atoms with Crippen LogP contribution in [0, 0.1) is 5.92 Å². The van der Waals surface area contributed by atoms with Crippen LogP contribution in [0.1, 0.15) is 31.2 Å². The molecule has 2 aromatic heterocycles. The Bertz CT molecular complexity index is 1010. The molecule has 29 heavy (non-hydrogen) atoms. The molecule has 154 valence electrons. The Morgan fingerprint density at radius 1 is 1.38 bits per heavy atom. The highest BCUT2D eigenvalue weighted by Gasteiger charge is 2.28. The van der Waals surface area contributed by atoms with Crippen LogP contribution in [0.25, 0.3) is 11.0 Å². The van der Waals surface area contributed by atoms with E-state index in [4.69, 9.17) is 26.1 Å². The number of aromatic nitrogens is 4. The predicted octanol–water partition coefficient (Wildman–Crippen LogP) is 3.68. The number of methoxy groups -OCH3 is 1. The number of benzene rings is 1. The molecule has 0 bridgehead atoms. The number of rotatable bonds is 7. The van der Waals surface area contributed by atoms with Gasteiger partial charge in [-0.3, -0.25) is 4.68 Å². The van der Waals surface area contributed by atoms with Gasteiger partial charge in [-0.2, -0.15) is 10.1 Å². The Balaban J connectivity index is 1.81. The minimum atomic E-state index is -0.366.